The molecule has 1 atom stereocenters. The maximum Gasteiger partial charge on any atom is 0.0139 e. The highest BCUT2D eigenvalue weighted by Gasteiger charge is 2.39. The Kier molecular flexibility index (Phi) is 4.45. The maximum atomic E-state index is 6.62. The quantitative estimate of drug-likeness (QED) is 0.842. The van der Waals surface area contributed by atoms with Gasteiger partial charge in [-0.3, -0.25) is 0 Å². The molecule has 100 valence electrons. The fourth-order valence-electron chi connectivity index (χ4n) is 3.56. The largest absolute Gasteiger partial charge is 0.327 e. The normalized spacial score (nSPS) is 20.9. The van der Waals surface area contributed by atoms with Crippen LogP contribution in [-0.4, -0.2) is 6.04 Å². The van der Waals surface area contributed by atoms with Crippen LogP contribution in [0, 0.1) is 5.92 Å². The van der Waals surface area contributed by atoms with Crippen LogP contribution in [-0.2, 0) is 5.41 Å². The first kappa shape index (κ1) is 13.6. The van der Waals surface area contributed by atoms with Gasteiger partial charge in [-0.1, -0.05) is 63.4 Å². The van der Waals surface area contributed by atoms with E-state index in [2.05, 4.69) is 44.2 Å². The smallest absolute Gasteiger partial charge is 0.0139 e. The van der Waals surface area contributed by atoms with E-state index in [9.17, 15) is 0 Å². The van der Waals surface area contributed by atoms with Crippen LogP contribution in [0.2, 0.25) is 0 Å². The Morgan fingerprint density at radius 2 is 1.67 bits per heavy atom. The summed E-state index contributed by atoms with van der Waals surface area (Å²) in [6.07, 6.45) is 7.72. The minimum absolute atomic E-state index is 0.240. The molecule has 1 aromatic rings. The van der Waals surface area contributed by atoms with E-state index < -0.39 is 0 Å². The molecule has 1 aliphatic carbocycles. The second kappa shape index (κ2) is 5.88. The first-order valence-electron chi connectivity index (χ1n) is 7.46. The molecular weight excluding hydrogens is 218 g/mol. The van der Waals surface area contributed by atoms with Crippen LogP contribution < -0.4 is 5.73 Å². The van der Waals surface area contributed by atoms with Gasteiger partial charge in [0.2, 0.25) is 0 Å². The van der Waals surface area contributed by atoms with E-state index in [1.165, 1.54) is 37.7 Å². The number of nitrogens with two attached hydrogens (primary N) is 1. The Bertz CT molecular complexity index is 349. The van der Waals surface area contributed by atoms with Gasteiger partial charge in [-0.25, -0.2) is 0 Å². The molecule has 0 radical (unpaired) electrons. The number of benzene rings is 1. The molecule has 1 aromatic carbocycles. The molecule has 0 saturated heterocycles. The average molecular weight is 245 g/mol. The van der Waals surface area contributed by atoms with Crippen LogP contribution in [0.4, 0.5) is 0 Å². The molecule has 2 N–H and O–H groups in total. The second-order valence-corrected chi connectivity index (χ2v) is 6.32. The van der Waals surface area contributed by atoms with Gasteiger partial charge in [0.15, 0.2) is 0 Å². The topological polar surface area (TPSA) is 26.0 Å². The molecule has 0 spiro atoms. The second-order valence-electron chi connectivity index (χ2n) is 6.32. The fourth-order valence-corrected chi connectivity index (χ4v) is 3.56. The van der Waals surface area contributed by atoms with Crippen molar-refractivity contribution in [1.29, 1.82) is 0 Å². The number of rotatable bonds is 4. The van der Waals surface area contributed by atoms with Crippen molar-refractivity contribution in [3.05, 3.63) is 35.9 Å². The van der Waals surface area contributed by atoms with Crippen LogP contribution in [0.25, 0.3) is 0 Å². The van der Waals surface area contributed by atoms with E-state index in [1.54, 1.807) is 0 Å². The van der Waals surface area contributed by atoms with E-state index in [-0.39, 0.29) is 5.41 Å². The Morgan fingerprint density at radius 3 is 2.22 bits per heavy atom. The lowest BCUT2D eigenvalue weighted by Crippen LogP contribution is -2.47. The van der Waals surface area contributed by atoms with E-state index in [0.29, 0.717) is 12.0 Å². The maximum absolute atomic E-state index is 6.62. The van der Waals surface area contributed by atoms with Crippen LogP contribution in [0.3, 0.4) is 0 Å². The molecule has 1 unspecified atom stereocenters. The zero-order chi connectivity index (χ0) is 13.0. The summed E-state index contributed by atoms with van der Waals surface area (Å²) >= 11 is 0. The molecule has 1 aliphatic rings. The molecule has 0 amide bonds. The van der Waals surface area contributed by atoms with Gasteiger partial charge in [-0.15, -0.1) is 0 Å². The molecule has 0 aromatic heterocycles. The lowest BCUT2D eigenvalue weighted by molar-refractivity contribution is 0.221. The standard InChI is InChI=1S/C17H27N/c1-14(2)13-16(18)17(11-7-4-8-12-17)15-9-5-3-6-10-15/h3,5-6,9-10,14,16H,4,7-8,11-13,18H2,1-2H3. The van der Waals surface area contributed by atoms with Crippen molar-refractivity contribution in [3.63, 3.8) is 0 Å². The summed E-state index contributed by atoms with van der Waals surface area (Å²) < 4.78 is 0. The predicted molar refractivity (Wildman–Crippen MR) is 78.6 cm³/mol. The van der Waals surface area contributed by atoms with Crippen molar-refractivity contribution in [2.45, 2.75) is 63.8 Å². The molecule has 1 fully saturated rings. The third-order valence-corrected chi connectivity index (χ3v) is 4.53. The summed E-state index contributed by atoms with van der Waals surface area (Å²) in [5.74, 6) is 0.683. The van der Waals surface area contributed by atoms with Gasteiger partial charge in [0, 0.05) is 11.5 Å². The average Bonchev–Trinajstić information content (AvgIpc) is 2.40. The first-order chi connectivity index (χ1) is 8.65. The highest BCUT2D eigenvalue weighted by atomic mass is 14.7. The van der Waals surface area contributed by atoms with Crippen LogP contribution in [0.5, 0.6) is 0 Å². The van der Waals surface area contributed by atoms with E-state index in [0.717, 1.165) is 6.42 Å². The summed E-state index contributed by atoms with van der Waals surface area (Å²) in [6.45, 7) is 4.56. The zero-order valence-electron chi connectivity index (χ0n) is 11.9. The minimum Gasteiger partial charge on any atom is -0.327 e. The first-order valence-corrected chi connectivity index (χ1v) is 7.46. The van der Waals surface area contributed by atoms with Crippen LogP contribution in [0.15, 0.2) is 30.3 Å². The molecule has 0 aliphatic heterocycles. The monoisotopic (exact) mass is 245 g/mol. The van der Waals surface area contributed by atoms with Gasteiger partial charge in [0.05, 0.1) is 0 Å². The summed E-state index contributed by atoms with van der Waals surface area (Å²) in [7, 11) is 0. The minimum atomic E-state index is 0.240. The highest BCUT2D eigenvalue weighted by molar-refractivity contribution is 5.28. The van der Waals surface area contributed by atoms with Crippen LogP contribution in [0.1, 0.15) is 57.9 Å². The highest BCUT2D eigenvalue weighted by Crippen LogP contribution is 2.42. The number of hydrogen-bond donors (Lipinski definition) is 1. The van der Waals surface area contributed by atoms with Gasteiger partial charge in [-0.2, -0.15) is 0 Å². The summed E-state index contributed by atoms with van der Waals surface area (Å²) in [4.78, 5) is 0. The zero-order valence-corrected chi connectivity index (χ0v) is 11.9. The molecule has 0 bridgehead atoms. The van der Waals surface area contributed by atoms with E-state index >= 15 is 0 Å². The van der Waals surface area contributed by atoms with Crippen molar-refractivity contribution in [1.82, 2.24) is 0 Å². The van der Waals surface area contributed by atoms with Gasteiger partial charge < -0.3 is 5.73 Å². The Morgan fingerprint density at radius 1 is 1.06 bits per heavy atom. The fraction of sp³-hybridized carbons (Fsp3) is 0.647. The van der Waals surface area contributed by atoms with Crippen molar-refractivity contribution in [2.75, 3.05) is 0 Å². The Labute approximate surface area is 112 Å². The molecule has 18 heavy (non-hydrogen) atoms. The van der Waals surface area contributed by atoms with Gasteiger partial charge in [0.25, 0.3) is 0 Å². The summed E-state index contributed by atoms with van der Waals surface area (Å²) in [5.41, 5.74) is 8.33. The number of hydrogen-bond acceptors (Lipinski definition) is 1. The Hall–Kier alpha value is -0.820. The van der Waals surface area contributed by atoms with Gasteiger partial charge >= 0.3 is 0 Å². The lowest BCUT2D eigenvalue weighted by Gasteiger charge is -2.43. The molecule has 2 rings (SSSR count). The summed E-state index contributed by atoms with van der Waals surface area (Å²) in [6, 6.07) is 11.3. The Balaban J connectivity index is 2.28. The SMILES string of the molecule is CC(C)CC(N)C1(c2ccccc2)CCCCC1. The van der Waals surface area contributed by atoms with Crippen molar-refractivity contribution in [3.8, 4) is 0 Å². The van der Waals surface area contributed by atoms with E-state index in [4.69, 9.17) is 5.73 Å². The third-order valence-electron chi connectivity index (χ3n) is 4.53. The molecule has 0 heterocycles. The van der Waals surface area contributed by atoms with Crippen molar-refractivity contribution >= 4 is 0 Å². The van der Waals surface area contributed by atoms with Crippen molar-refractivity contribution < 1.29 is 0 Å². The molecule has 1 nitrogen and oxygen atoms in total. The lowest BCUT2D eigenvalue weighted by atomic mass is 9.63. The summed E-state index contributed by atoms with van der Waals surface area (Å²) in [5, 5.41) is 0. The molecule has 1 heteroatoms. The van der Waals surface area contributed by atoms with E-state index in [1.807, 2.05) is 0 Å². The third kappa shape index (κ3) is 2.77. The van der Waals surface area contributed by atoms with Crippen LogP contribution >= 0.6 is 0 Å². The van der Waals surface area contributed by atoms with Gasteiger partial charge in [-0.05, 0) is 30.7 Å². The predicted octanol–water partition coefficient (Wildman–Crippen LogP) is 4.26. The molecule has 1 saturated carbocycles. The molecular formula is C17H27N. The van der Waals surface area contributed by atoms with Crippen molar-refractivity contribution in [2.24, 2.45) is 11.7 Å². The van der Waals surface area contributed by atoms with Gasteiger partial charge in [0.1, 0.15) is 0 Å².